The van der Waals surface area contributed by atoms with E-state index in [9.17, 15) is 4.79 Å². The van der Waals surface area contributed by atoms with E-state index in [1.807, 2.05) is 0 Å². The number of hydrogen-bond donors (Lipinski definition) is 1. The van der Waals surface area contributed by atoms with Crippen molar-refractivity contribution >= 4 is 34.8 Å². The number of benzene rings is 1. The first-order chi connectivity index (χ1) is 6.56. The lowest BCUT2D eigenvalue weighted by atomic mass is 10.3. The minimum Gasteiger partial charge on any atom is -0.268 e. The van der Waals surface area contributed by atoms with Gasteiger partial charge in [0.1, 0.15) is 0 Å². The molecule has 0 aromatic heterocycles. The lowest BCUT2D eigenvalue weighted by Crippen LogP contribution is -2.35. The number of carbonyl (C=O) groups is 1. The molecule has 14 heavy (non-hydrogen) atoms. The van der Waals surface area contributed by atoms with Crippen LogP contribution in [0.25, 0.3) is 0 Å². The third kappa shape index (κ3) is 2.26. The van der Waals surface area contributed by atoms with E-state index in [4.69, 9.17) is 29.0 Å². The Labute approximate surface area is 91.7 Å². The van der Waals surface area contributed by atoms with Gasteiger partial charge in [0, 0.05) is 0 Å². The second-order valence-electron chi connectivity index (χ2n) is 2.51. The molecule has 0 aliphatic heterocycles. The van der Waals surface area contributed by atoms with Crippen molar-refractivity contribution in [2.45, 2.75) is 0 Å². The van der Waals surface area contributed by atoms with Gasteiger partial charge in [-0.2, -0.15) is 0 Å². The first kappa shape index (κ1) is 11.0. The first-order valence-corrected chi connectivity index (χ1v) is 4.48. The normalized spacial score (nSPS) is 9.64. The van der Waals surface area contributed by atoms with Gasteiger partial charge >= 0.3 is 0 Å². The van der Waals surface area contributed by atoms with E-state index in [0.717, 1.165) is 11.1 Å². The number of anilines is 1. The highest BCUT2D eigenvalue weighted by atomic mass is 35.5. The zero-order valence-corrected chi connectivity index (χ0v) is 8.72. The number of halogens is 2. The summed E-state index contributed by atoms with van der Waals surface area (Å²) in [5.41, 5.74) is 0.462. The summed E-state index contributed by atoms with van der Waals surface area (Å²) < 4.78 is 0. The number of nitrogens with two attached hydrogens (primary N) is 1. The fourth-order valence-corrected chi connectivity index (χ4v) is 1.15. The third-order valence-corrected chi connectivity index (χ3v) is 2.33. The van der Waals surface area contributed by atoms with Gasteiger partial charge in [0.25, 0.3) is 5.91 Å². The molecule has 0 aliphatic rings. The van der Waals surface area contributed by atoms with Gasteiger partial charge in [0.2, 0.25) is 0 Å². The molecule has 1 amide bonds. The monoisotopic (exact) mass is 230 g/mol. The number of nitrogens with zero attached hydrogens (tertiary/aromatic N) is 1. The van der Waals surface area contributed by atoms with Crippen LogP contribution in [0.2, 0.25) is 10.0 Å². The van der Waals surface area contributed by atoms with Gasteiger partial charge in [0.05, 0.1) is 15.7 Å². The highest BCUT2D eigenvalue weighted by Gasteiger charge is 2.09. The summed E-state index contributed by atoms with van der Waals surface area (Å²) >= 11 is 11.5. The molecule has 1 rings (SSSR count). The van der Waals surface area contributed by atoms with Crippen molar-refractivity contribution in [1.82, 2.24) is 0 Å². The molecule has 5 heteroatoms. The molecule has 0 unspecified atom stereocenters. The van der Waals surface area contributed by atoms with E-state index in [0.29, 0.717) is 15.7 Å². The van der Waals surface area contributed by atoms with Crippen molar-refractivity contribution in [1.29, 1.82) is 0 Å². The van der Waals surface area contributed by atoms with Crippen molar-refractivity contribution in [2.75, 3.05) is 5.01 Å². The molecule has 0 fully saturated rings. The minimum absolute atomic E-state index is 0.344. The quantitative estimate of drug-likeness (QED) is 0.367. The molecule has 0 spiro atoms. The van der Waals surface area contributed by atoms with Gasteiger partial charge in [-0.1, -0.05) is 29.8 Å². The summed E-state index contributed by atoms with van der Waals surface area (Å²) in [6, 6.07) is 4.66. The van der Waals surface area contributed by atoms with Crippen LogP contribution in [-0.2, 0) is 4.79 Å². The average Bonchev–Trinajstić information content (AvgIpc) is 2.20. The van der Waals surface area contributed by atoms with Crippen LogP contribution in [-0.4, -0.2) is 5.91 Å². The second-order valence-corrected chi connectivity index (χ2v) is 3.33. The molecule has 1 aromatic carbocycles. The van der Waals surface area contributed by atoms with Gasteiger partial charge in [0.15, 0.2) is 0 Å². The van der Waals surface area contributed by atoms with Crippen LogP contribution in [0.1, 0.15) is 0 Å². The summed E-state index contributed by atoms with van der Waals surface area (Å²) in [4.78, 5) is 11.1. The molecule has 0 aliphatic carbocycles. The molecule has 0 radical (unpaired) electrons. The molecule has 3 nitrogen and oxygen atoms in total. The average molecular weight is 231 g/mol. The zero-order chi connectivity index (χ0) is 10.7. The Kier molecular flexibility index (Phi) is 3.52. The highest BCUT2D eigenvalue weighted by molar-refractivity contribution is 6.42. The third-order valence-electron chi connectivity index (χ3n) is 1.59. The summed E-state index contributed by atoms with van der Waals surface area (Å²) in [6.45, 7) is 3.32. The second kappa shape index (κ2) is 4.46. The molecule has 0 bridgehead atoms. The lowest BCUT2D eigenvalue weighted by Gasteiger charge is -2.14. The molecule has 0 atom stereocenters. The van der Waals surface area contributed by atoms with Crippen LogP contribution in [0.5, 0.6) is 0 Å². The Hall–Kier alpha value is -1.03. The molecule has 74 valence electrons. The number of hydrazine groups is 1. The van der Waals surface area contributed by atoms with Crippen molar-refractivity contribution in [3.05, 3.63) is 40.9 Å². The Morgan fingerprint density at radius 2 is 2.07 bits per heavy atom. The van der Waals surface area contributed by atoms with E-state index in [2.05, 4.69) is 6.58 Å². The van der Waals surface area contributed by atoms with Gasteiger partial charge in [-0.3, -0.25) is 4.79 Å². The van der Waals surface area contributed by atoms with E-state index in [-0.39, 0.29) is 0 Å². The summed E-state index contributed by atoms with van der Waals surface area (Å²) in [5, 5.41) is 1.70. The van der Waals surface area contributed by atoms with Crippen LogP contribution in [0, 0.1) is 0 Å². The van der Waals surface area contributed by atoms with Gasteiger partial charge in [-0.15, -0.1) is 0 Å². The Balaban J connectivity index is 3.02. The summed E-state index contributed by atoms with van der Waals surface area (Å²) in [5.74, 6) is 5.07. The molecule has 0 heterocycles. The van der Waals surface area contributed by atoms with E-state index < -0.39 is 5.91 Å². The smallest absolute Gasteiger partial charge is 0.264 e. The topological polar surface area (TPSA) is 46.3 Å². The van der Waals surface area contributed by atoms with Crippen LogP contribution in [0.15, 0.2) is 30.9 Å². The van der Waals surface area contributed by atoms with E-state index in [1.54, 1.807) is 12.1 Å². The van der Waals surface area contributed by atoms with Crippen LogP contribution in [0.3, 0.4) is 0 Å². The number of amides is 1. The fraction of sp³-hybridized carbons (Fsp3) is 0. The minimum atomic E-state index is -0.414. The van der Waals surface area contributed by atoms with Crippen LogP contribution in [0.4, 0.5) is 5.69 Å². The fourth-order valence-electron chi connectivity index (χ4n) is 0.860. The zero-order valence-electron chi connectivity index (χ0n) is 7.21. The van der Waals surface area contributed by atoms with Gasteiger partial charge < -0.3 is 0 Å². The van der Waals surface area contributed by atoms with Crippen molar-refractivity contribution in [3.8, 4) is 0 Å². The predicted octanol–water partition coefficient (Wildman–Crippen LogP) is 2.39. The maximum atomic E-state index is 11.1. The van der Waals surface area contributed by atoms with Gasteiger partial charge in [-0.05, 0) is 24.3 Å². The molecule has 2 N–H and O–H groups in total. The predicted molar refractivity (Wildman–Crippen MR) is 58.3 cm³/mol. The van der Waals surface area contributed by atoms with E-state index in [1.165, 1.54) is 6.07 Å². The Bertz CT molecular complexity index is 379. The maximum absolute atomic E-state index is 11.1. The van der Waals surface area contributed by atoms with Gasteiger partial charge in [-0.25, -0.2) is 10.9 Å². The number of carbonyl (C=O) groups excluding carboxylic acids is 1. The molecule has 1 aromatic rings. The lowest BCUT2D eigenvalue weighted by molar-refractivity contribution is -0.114. The van der Waals surface area contributed by atoms with Crippen LogP contribution >= 0.6 is 23.2 Å². The van der Waals surface area contributed by atoms with Crippen molar-refractivity contribution < 1.29 is 4.79 Å². The van der Waals surface area contributed by atoms with Crippen molar-refractivity contribution in [2.24, 2.45) is 5.84 Å². The first-order valence-electron chi connectivity index (χ1n) is 3.72. The van der Waals surface area contributed by atoms with Crippen molar-refractivity contribution in [3.63, 3.8) is 0 Å². The SMILES string of the molecule is C=CC(=O)N(N)c1ccc(Cl)c(Cl)c1. The molecule has 0 saturated carbocycles. The molecular formula is C9H8Cl2N2O. The number of rotatable bonds is 2. The Morgan fingerprint density at radius 3 is 2.57 bits per heavy atom. The summed E-state index contributed by atoms with van der Waals surface area (Å²) in [6.07, 6.45) is 1.11. The van der Waals surface area contributed by atoms with E-state index >= 15 is 0 Å². The summed E-state index contributed by atoms with van der Waals surface area (Å²) in [7, 11) is 0. The standard InChI is InChI=1S/C9H8Cl2N2O/c1-2-9(14)13(12)6-3-4-7(10)8(11)5-6/h2-5H,1,12H2. The number of hydrogen-bond acceptors (Lipinski definition) is 2. The molecular weight excluding hydrogens is 223 g/mol. The largest absolute Gasteiger partial charge is 0.268 e. The maximum Gasteiger partial charge on any atom is 0.264 e. The highest BCUT2D eigenvalue weighted by Crippen LogP contribution is 2.26. The Morgan fingerprint density at radius 1 is 1.43 bits per heavy atom. The molecule has 0 saturated heterocycles. The van der Waals surface area contributed by atoms with Crippen LogP contribution < -0.4 is 10.9 Å².